The summed E-state index contributed by atoms with van der Waals surface area (Å²) in [5.74, 6) is 1.39. The zero-order valence-electron chi connectivity index (χ0n) is 13.0. The zero-order valence-corrected chi connectivity index (χ0v) is 13.8. The minimum atomic E-state index is -0.442. The minimum Gasteiger partial charge on any atom is -0.392 e. The lowest BCUT2D eigenvalue weighted by Gasteiger charge is -2.08. The molecule has 0 aliphatic carbocycles. The fourth-order valence-electron chi connectivity index (χ4n) is 2.12. The van der Waals surface area contributed by atoms with Gasteiger partial charge in [-0.3, -0.25) is 4.79 Å². The van der Waals surface area contributed by atoms with Gasteiger partial charge < -0.3 is 10.4 Å². The summed E-state index contributed by atoms with van der Waals surface area (Å²) in [5, 5.41) is 11.9. The van der Waals surface area contributed by atoms with Crippen LogP contribution in [0.4, 0.5) is 4.39 Å². The lowest BCUT2D eigenvalue weighted by atomic mass is 10.1. The molecule has 3 nitrogen and oxygen atoms in total. The van der Waals surface area contributed by atoms with Crippen LogP contribution < -0.4 is 5.32 Å². The van der Waals surface area contributed by atoms with E-state index >= 15 is 0 Å². The Labute approximate surface area is 139 Å². The summed E-state index contributed by atoms with van der Waals surface area (Å²) in [4.78, 5) is 12.1. The van der Waals surface area contributed by atoms with Gasteiger partial charge in [0, 0.05) is 23.4 Å². The fraction of sp³-hybridized carbons (Fsp3) is 0.278. The number of hydrogen-bond donors (Lipinski definition) is 2. The Morgan fingerprint density at radius 3 is 2.52 bits per heavy atom. The highest BCUT2D eigenvalue weighted by molar-refractivity contribution is 7.98. The second-order valence-electron chi connectivity index (χ2n) is 5.10. The molecule has 1 amide bonds. The van der Waals surface area contributed by atoms with Crippen LogP contribution in [0, 0.1) is 5.82 Å². The number of thioether (sulfide) groups is 1. The Balaban J connectivity index is 1.94. The molecule has 0 fully saturated rings. The third kappa shape index (κ3) is 5.08. The van der Waals surface area contributed by atoms with E-state index in [9.17, 15) is 9.18 Å². The average molecular weight is 333 g/mol. The van der Waals surface area contributed by atoms with Crippen molar-refractivity contribution in [3.63, 3.8) is 0 Å². The number of aliphatic hydroxyl groups excluding tert-OH is 1. The highest BCUT2D eigenvalue weighted by atomic mass is 32.2. The smallest absolute Gasteiger partial charge is 0.251 e. The number of halogens is 1. The van der Waals surface area contributed by atoms with E-state index in [-0.39, 0.29) is 18.1 Å². The molecular weight excluding hydrogens is 313 g/mol. The van der Waals surface area contributed by atoms with Crippen LogP contribution in [0.3, 0.4) is 0 Å². The van der Waals surface area contributed by atoms with Crippen molar-refractivity contribution >= 4 is 17.7 Å². The second-order valence-corrected chi connectivity index (χ2v) is 6.37. The van der Waals surface area contributed by atoms with Crippen molar-refractivity contribution < 1.29 is 14.3 Å². The van der Waals surface area contributed by atoms with E-state index in [2.05, 4.69) is 12.2 Å². The number of amides is 1. The van der Waals surface area contributed by atoms with Crippen molar-refractivity contribution in [3.05, 3.63) is 70.5 Å². The molecule has 0 unspecified atom stereocenters. The van der Waals surface area contributed by atoms with Crippen LogP contribution in [0.25, 0.3) is 0 Å². The van der Waals surface area contributed by atoms with Gasteiger partial charge in [0.1, 0.15) is 5.82 Å². The van der Waals surface area contributed by atoms with Gasteiger partial charge in [0.05, 0.1) is 6.61 Å². The van der Waals surface area contributed by atoms with Gasteiger partial charge in [0.15, 0.2) is 0 Å². The molecule has 0 heterocycles. The van der Waals surface area contributed by atoms with Gasteiger partial charge in [-0.25, -0.2) is 4.39 Å². The number of rotatable bonds is 7. The van der Waals surface area contributed by atoms with Crippen molar-refractivity contribution in [1.29, 1.82) is 0 Å². The van der Waals surface area contributed by atoms with E-state index in [1.807, 2.05) is 36.0 Å². The third-order valence-corrected chi connectivity index (χ3v) is 4.37. The Morgan fingerprint density at radius 2 is 1.87 bits per heavy atom. The molecule has 2 aromatic rings. The summed E-state index contributed by atoms with van der Waals surface area (Å²) in [6.45, 7) is 2.05. The van der Waals surface area contributed by atoms with Gasteiger partial charge in [0.25, 0.3) is 5.91 Å². The average Bonchev–Trinajstić information content (AvgIpc) is 2.59. The first-order valence-electron chi connectivity index (χ1n) is 7.47. The molecule has 2 aromatic carbocycles. The van der Waals surface area contributed by atoms with Crippen molar-refractivity contribution in [2.75, 3.05) is 5.75 Å². The molecule has 2 N–H and O–H groups in total. The maximum Gasteiger partial charge on any atom is 0.251 e. The van der Waals surface area contributed by atoms with Crippen molar-refractivity contribution in [2.24, 2.45) is 0 Å². The number of aliphatic hydroxyl groups is 1. The largest absolute Gasteiger partial charge is 0.392 e. The number of carbonyl (C=O) groups excluding carboxylic acids is 1. The summed E-state index contributed by atoms with van der Waals surface area (Å²) in [7, 11) is 0. The van der Waals surface area contributed by atoms with Crippen LogP contribution in [-0.4, -0.2) is 16.8 Å². The molecule has 0 aromatic heterocycles. The maximum absolute atomic E-state index is 13.3. The third-order valence-electron chi connectivity index (χ3n) is 3.42. The van der Waals surface area contributed by atoms with Gasteiger partial charge in [0.2, 0.25) is 0 Å². The molecule has 0 atom stereocenters. The number of benzene rings is 2. The topological polar surface area (TPSA) is 49.3 Å². The second kappa shape index (κ2) is 8.70. The number of hydrogen-bond acceptors (Lipinski definition) is 3. The van der Waals surface area contributed by atoms with Gasteiger partial charge in [-0.15, -0.1) is 0 Å². The maximum atomic E-state index is 13.3. The van der Waals surface area contributed by atoms with Gasteiger partial charge >= 0.3 is 0 Å². The van der Waals surface area contributed by atoms with Gasteiger partial charge in [-0.2, -0.15) is 11.8 Å². The molecule has 0 bridgehead atoms. The van der Waals surface area contributed by atoms with Gasteiger partial charge in [-0.05, 0) is 41.1 Å². The quantitative estimate of drug-likeness (QED) is 0.815. The normalized spacial score (nSPS) is 10.6. The SMILES string of the molecule is CCSCc1ccc(C(=O)NCc2ccc(F)c(CO)c2)cc1. The standard InChI is InChI=1S/C18H20FNO2S/c1-2-23-12-13-3-6-15(7-4-13)18(22)20-10-14-5-8-17(19)16(9-14)11-21/h3-9,21H,2,10-12H2,1H3,(H,20,22). The highest BCUT2D eigenvalue weighted by Crippen LogP contribution is 2.13. The van der Waals surface area contributed by atoms with E-state index in [0.717, 1.165) is 17.1 Å². The van der Waals surface area contributed by atoms with Crippen LogP contribution in [0.2, 0.25) is 0 Å². The van der Waals surface area contributed by atoms with E-state index in [1.165, 1.54) is 11.6 Å². The van der Waals surface area contributed by atoms with Crippen LogP contribution in [0.5, 0.6) is 0 Å². The molecule has 23 heavy (non-hydrogen) atoms. The van der Waals surface area contributed by atoms with E-state index in [4.69, 9.17) is 5.11 Å². The summed E-state index contributed by atoms with van der Waals surface area (Å²) in [5.41, 5.74) is 2.77. The van der Waals surface area contributed by atoms with Crippen molar-refractivity contribution in [2.45, 2.75) is 25.8 Å². The molecule has 0 spiro atoms. The Morgan fingerprint density at radius 1 is 1.17 bits per heavy atom. The summed E-state index contributed by atoms with van der Waals surface area (Å²) in [6, 6.07) is 12.0. The van der Waals surface area contributed by atoms with Crippen LogP contribution in [-0.2, 0) is 18.9 Å². The summed E-state index contributed by atoms with van der Waals surface area (Å²) in [6.07, 6.45) is 0. The molecule has 0 aliphatic rings. The first-order chi connectivity index (χ1) is 11.1. The fourth-order valence-corrected chi connectivity index (χ4v) is 2.75. The predicted molar refractivity (Wildman–Crippen MR) is 91.8 cm³/mol. The van der Waals surface area contributed by atoms with Crippen molar-refractivity contribution in [1.82, 2.24) is 5.32 Å². The van der Waals surface area contributed by atoms with Crippen LogP contribution in [0.15, 0.2) is 42.5 Å². The first-order valence-corrected chi connectivity index (χ1v) is 8.62. The molecule has 0 saturated carbocycles. The van der Waals surface area contributed by atoms with E-state index < -0.39 is 5.82 Å². The molecule has 0 saturated heterocycles. The first kappa shape index (κ1) is 17.5. The van der Waals surface area contributed by atoms with Crippen LogP contribution >= 0.6 is 11.8 Å². The Bertz CT molecular complexity index is 659. The van der Waals surface area contributed by atoms with Crippen molar-refractivity contribution in [3.8, 4) is 0 Å². The van der Waals surface area contributed by atoms with E-state index in [1.54, 1.807) is 12.1 Å². The molecular formula is C18H20FNO2S. The van der Waals surface area contributed by atoms with Gasteiger partial charge in [-0.1, -0.05) is 25.1 Å². The highest BCUT2D eigenvalue weighted by Gasteiger charge is 2.07. The molecule has 0 aliphatic heterocycles. The predicted octanol–water partition coefficient (Wildman–Crippen LogP) is 3.50. The Kier molecular flexibility index (Phi) is 6.62. The lowest BCUT2D eigenvalue weighted by molar-refractivity contribution is 0.0951. The lowest BCUT2D eigenvalue weighted by Crippen LogP contribution is -2.22. The number of nitrogens with one attached hydrogen (secondary N) is 1. The zero-order chi connectivity index (χ0) is 16.7. The Hall–Kier alpha value is -1.85. The number of carbonyl (C=O) groups is 1. The van der Waals surface area contributed by atoms with Crippen LogP contribution in [0.1, 0.15) is 34.0 Å². The summed E-state index contributed by atoms with van der Waals surface area (Å²) < 4.78 is 13.3. The monoisotopic (exact) mass is 333 g/mol. The molecule has 122 valence electrons. The minimum absolute atomic E-state index is 0.172. The van der Waals surface area contributed by atoms with E-state index in [0.29, 0.717) is 12.1 Å². The molecule has 0 radical (unpaired) electrons. The summed E-state index contributed by atoms with van der Waals surface area (Å²) >= 11 is 1.84. The molecule has 5 heteroatoms. The molecule has 2 rings (SSSR count).